The van der Waals surface area contributed by atoms with Gasteiger partial charge in [0.1, 0.15) is 11.6 Å². The average Bonchev–Trinajstić information content (AvgIpc) is 2.48. The van der Waals surface area contributed by atoms with Crippen LogP contribution in [0.5, 0.6) is 0 Å². The first-order chi connectivity index (χ1) is 7.08. The van der Waals surface area contributed by atoms with Crippen molar-refractivity contribution in [1.82, 2.24) is 4.98 Å². The summed E-state index contributed by atoms with van der Waals surface area (Å²) in [5.41, 5.74) is 0.503. The van der Waals surface area contributed by atoms with Gasteiger partial charge in [0.15, 0.2) is 0 Å². The van der Waals surface area contributed by atoms with E-state index in [0.717, 1.165) is 12.1 Å². The standard InChI is InChI=1S/C10H7F2NO2/c11-6-2-7-5(1-9(14)15)4-13-10(7)8(12)3-6/h2-4,13H,1H2,(H,14,15). The van der Waals surface area contributed by atoms with E-state index in [1.807, 2.05) is 0 Å². The van der Waals surface area contributed by atoms with E-state index in [1.165, 1.54) is 6.20 Å². The number of aromatic nitrogens is 1. The lowest BCUT2D eigenvalue weighted by molar-refractivity contribution is -0.136. The van der Waals surface area contributed by atoms with Crippen LogP contribution in [0.1, 0.15) is 5.56 Å². The van der Waals surface area contributed by atoms with Gasteiger partial charge in [-0.2, -0.15) is 0 Å². The molecule has 78 valence electrons. The molecule has 0 saturated heterocycles. The summed E-state index contributed by atoms with van der Waals surface area (Å²) >= 11 is 0. The molecule has 0 amide bonds. The summed E-state index contributed by atoms with van der Waals surface area (Å²) in [5.74, 6) is -2.48. The average molecular weight is 211 g/mol. The molecule has 0 spiro atoms. The number of fused-ring (bicyclic) bond motifs is 1. The number of carbonyl (C=O) groups is 1. The Bertz CT molecular complexity index is 533. The Balaban J connectivity index is 2.63. The quantitative estimate of drug-likeness (QED) is 0.798. The molecule has 3 nitrogen and oxygen atoms in total. The molecule has 2 rings (SSSR count). The number of hydrogen-bond acceptors (Lipinski definition) is 1. The van der Waals surface area contributed by atoms with Gasteiger partial charge in [0.05, 0.1) is 11.9 Å². The monoisotopic (exact) mass is 211 g/mol. The van der Waals surface area contributed by atoms with Gasteiger partial charge in [-0.1, -0.05) is 0 Å². The van der Waals surface area contributed by atoms with Crippen LogP contribution in [0.25, 0.3) is 10.9 Å². The van der Waals surface area contributed by atoms with Gasteiger partial charge >= 0.3 is 5.97 Å². The molecule has 2 N–H and O–H groups in total. The topological polar surface area (TPSA) is 53.1 Å². The normalized spacial score (nSPS) is 10.8. The first-order valence-corrected chi connectivity index (χ1v) is 4.24. The van der Waals surface area contributed by atoms with Crippen molar-refractivity contribution >= 4 is 16.9 Å². The Morgan fingerprint density at radius 1 is 1.40 bits per heavy atom. The number of nitrogens with one attached hydrogen (secondary N) is 1. The summed E-state index contributed by atoms with van der Waals surface area (Å²) in [6, 6.07) is 1.87. The summed E-state index contributed by atoms with van der Waals surface area (Å²) in [5, 5.41) is 8.86. The Morgan fingerprint density at radius 3 is 2.80 bits per heavy atom. The fourth-order valence-corrected chi connectivity index (χ4v) is 1.52. The van der Waals surface area contributed by atoms with Crippen molar-refractivity contribution in [3.8, 4) is 0 Å². The van der Waals surface area contributed by atoms with Gasteiger partial charge in [-0.15, -0.1) is 0 Å². The van der Waals surface area contributed by atoms with E-state index < -0.39 is 17.6 Å². The van der Waals surface area contributed by atoms with E-state index in [-0.39, 0.29) is 17.3 Å². The fourth-order valence-electron chi connectivity index (χ4n) is 1.52. The zero-order valence-corrected chi connectivity index (χ0v) is 7.55. The SMILES string of the molecule is O=C(O)Cc1c[nH]c2c(F)cc(F)cc12. The van der Waals surface area contributed by atoms with E-state index in [0.29, 0.717) is 5.56 Å². The Hall–Kier alpha value is -1.91. The van der Waals surface area contributed by atoms with Crippen molar-refractivity contribution in [1.29, 1.82) is 0 Å². The van der Waals surface area contributed by atoms with E-state index in [4.69, 9.17) is 5.11 Å². The maximum absolute atomic E-state index is 13.2. The molecule has 5 heteroatoms. The summed E-state index contributed by atoms with van der Waals surface area (Å²) in [4.78, 5) is 13.1. The van der Waals surface area contributed by atoms with Crippen LogP contribution in [0.15, 0.2) is 18.3 Å². The van der Waals surface area contributed by atoms with Gasteiger partial charge in [-0.25, -0.2) is 8.78 Å². The van der Waals surface area contributed by atoms with Gasteiger partial charge in [-0.05, 0) is 11.6 Å². The molecule has 0 unspecified atom stereocenters. The molecule has 15 heavy (non-hydrogen) atoms. The van der Waals surface area contributed by atoms with Crippen LogP contribution in [0, 0.1) is 11.6 Å². The minimum absolute atomic E-state index is 0.132. The lowest BCUT2D eigenvalue weighted by atomic mass is 10.1. The van der Waals surface area contributed by atoms with Gasteiger partial charge in [0.2, 0.25) is 0 Å². The number of hydrogen-bond donors (Lipinski definition) is 2. The van der Waals surface area contributed by atoms with E-state index in [2.05, 4.69) is 4.98 Å². The van der Waals surface area contributed by atoms with Crippen molar-refractivity contribution < 1.29 is 18.7 Å². The summed E-state index contributed by atoms with van der Waals surface area (Å²) < 4.78 is 26.1. The molecule has 0 bridgehead atoms. The number of benzene rings is 1. The van der Waals surface area contributed by atoms with Crippen LogP contribution in [-0.4, -0.2) is 16.1 Å². The third-order valence-corrected chi connectivity index (χ3v) is 2.13. The van der Waals surface area contributed by atoms with E-state index in [9.17, 15) is 13.6 Å². The predicted octanol–water partition coefficient (Wildman–Crippen LogP) is 2.07. The van der Waals surface area contributed by atoms with Crippen molar-refractivity contribution in [2.45, 2.75) is 6.42 Å². The zero-order chi connectivity index (χ0) is 11.0. The number of carboxylic acid groups (broad SMARTS) is 1. The van der Waals surface area contributed by atoms with Gasteiger partial charge < -0.3 is 10.1 Å². The highest BCUT2D eigenvalue weighted by Gasteiger charge is 2.11. The maximum Gasteiger partial charge on any atom is 0.307 e. The van der Waals surface area contributed by atoms with Crippen LogP contribution in [0.2, 0.25) is 0 Å². The number of rotatable bonds is 2. The number of halogens is 2. The lowest BCUT2D eigenvalue weighted by Gasteiger charge is -1.96. The van der Waals surface area contributed by atoms with Gasteiger partial charge in [-0.3, -0.25) is 4.79 Å². The maximum atomic E-state index is 13.2. The molecule has 1 aromatic heterocycles. The smallest absolute Gasteiger partial charge is 0.307 e. The molecule has 2 aromatic rings. The third-order valence-electron chi connectivity index (χ3n) is 2.13. The molecule has 0 saturated carbocycles. The second kappa shape index (κ2) is 3.34. The molecule has 0 aliphatic carbocycles. The predicted molar refractivity (Wildman–Crippen MR) is 49.6 cm³/mol. The number of H-pyrrole nitrogens is 1. The van der Waals surface area contributed by atoms with Crippen LogP contribution >= 0.6 is 0 Å². The minimum Gasteiger partial charge on any atom is -0.481 e. The van der Waals surface area contributed by atoms with Crippen LogP contribution in [0.3, 0.4) is 0 Å². The lowest BCUT2D eigenvalue weighted by Crippen LogP contribution is -1.99. The van der Waals surface area contributed by atoms with Gasteiger partial charge in [0.25, 0.3) is 0 Å². The van der Waals surface area contributed by atoms with Crippen molar-refractivity contribution in [3.63, 3.8) is 0 Å². The summed E-state index contributed by atoms with van der Waals surface area (Å²) in [6.07, 6.45) is 1.12. The molecular formula is C10H7F2NO2. The third kappa shape index (κ3) is 1.68. The number of aromatic amines is 1. The van der Waals surface area contributed by atoms with E-state index >= 15 is 0 Å². The van der Waals surface area contributed by atoms with E-state index in [1.54, 1.807) is 0 Å². The molecule has 0 atom stereocenters. The highest BCUT2D eigenvalue weighted by atomic mass is 19.1. The van der Waals surface area contributed by atoms with Crippen molar-refractivity contribution in [2.75, 3.05) is 0 Å². The molecule has 0 aliphatic heterocycles. The fraction of sp³-hybridized carbons (Fsp3) is 0.100. The Morgan fingerprint density at radius 2 is 2.13 bits per heavy atom. The molecule has 1 heterocycles. The van der Waals surface area contributed by atoms with Gasteiger partial charge in [0, 0.05) is 17.6 Å². The molecule has 0 radical (unpaired) electrons. The first kappa shape index (κ1) is 9.64. The van der Waals surface area contributed by atoms with Crippen molar-refractivity contribution in [3.05, 3.63) is 35.5 Å². The van der Waals surface area contributed by atoms with Crippen molar-refractivity contribution in [2.24, 2.45) is 0 Å². The highest BCUT2D eigenvalue weighted by Crippen LogP contribution is 2.22. The largest absolute Gasteiger partial charge is 0.481 e. The highest BCUT2D eigenvalue weighted by molar-refractivity contribution is 5.87. The van der Waals surface area contributed by atoms with Crippen LogP contribution in [0.4, 0.5) is 8.78 Å². The molecular weight excluding hydrogens is 204 g/mol. The second-order valence-corrected chi connectivity index (χ2v) is 3.19. The Labute approximate surface area is 83.3 Å². The zero-order valence-electron chi connectivity index (χ0n) is 7.55. The molecule has 0 aliphatic rings. The molecule has 1 aromatic carbocycles. The first-order valence-electron chi connectivity index (χ1n) is 4.24. The summed E-state index contributed by atoms with van der Waals surface area (Å²) in [6.45, 7) is 0. The summed E-state index contributed by atoms with van der Waals surface area (Å²) in [7, 11) is 0. The van der Waals surface area contributed by atoms with Crippen LogP contribution < -0.4 is 0 Å². The Kier molecular flexibility index (Phi) is 2.15. The van der Waals surface area contributed by atoms with Crippen LogP contribution in [-0.2, 0) is 11.2 Å². The minimum atomic E-state index is -1.04. The molecule has 0 fully saturated rings. The number of aliphatic carboxylic acids is 1. The second-order valence-electron chi connectivity index (χ2n) is 3.19. The number of carboxylic acids is 1.